The van der Waals surface area contributed by atoms with Crippen LogP contribution in [0.15, 0.2) is 0 Å². The van der Waals surface area contributed by atoms with Crippen LogP contribution in [0, 0.1) is 0 Å². The van der Waals surface area contributed by atoms with E-state index in [2.05, 4.69) is 5.32 Å². The lowest BCUT2D eigenvalue weighted by Gasteiger charge is -2.12. The Morgan fingerprint density at radius 3 is 2.36 bits per heavy atom. The Labute approximate surface area is 148 Å². The van der Waals surface area contributed by atoms with Crippen LogP contribution < -0.4 is 5.32 Å². The van der Waals surface area contributed by atoms with Crippen LogP contribution in [0.5, 0.6) is 0 Å². The predicted molar refractivity (Wildman–Crippen MR) is 90.5 cm³/mol. The van der Waals surface area contributed by atoms with Crippen molar-refractivity contribution >= 4 is 63.0 Å². The quantitative estimate of drug-likeness (QED) is 0.603. The van der Waals surface area contributed by atoms with Gasteiger partial charge in [0.05, 0.1) is 12.7 Å². The van der Waals surface area contributed by atoms with Crippen LogP contribution in [0.4, 0.5) is 5.00 Å². The Hall–Kier alpha value is -0.490. The number of anilines is 1. The average molecular weight is 385 g/mol. The zero-order valence-electron chi connectivity index (χ0n) is 12.0. The molecule has 0 saturated carbocycles. The summed E-state index contributed by atoms with van der Waals surface area (Å²) in [7, 11) is 1.32. The van der Waals surface area contributed by atoms with Crippen LogP contribution >= 0.6 is 46.1 Å². The van der Waals surface area contributed by atoms with Gasteiger partial charge in [0.2, 0.25) is 0 Å². The van der Waals surface area contributed by atoms with Crippen LogP contribution in [0.3, 0.4) is 0 Å². The van der Waals surface area contributed by atoms with Crippen molar-refractivity contribution in [3.63, 3.8) is 0 Å². The van der Waals surface area contributed by atoms with Crippen molar-refractivity contribution in [3.8, 4) is 0 Å². The molecule has 1 heterocycles. The molecule has 1 aromatic heterocycles. The summed E-state index contributed by atoms with van der Waals surface area (Å²) in [5.41, 5.74) is 1.35. The molecule has 1 aromatic rings. The number of carbonyl (C=O) groups excluding carboxylic acids is 2. The number of hydrogen-bond donors (Lipinski definition) is 1. The third-order valence-electron chi connectivity index (χ3n) is 3.55. The topological polar surface area (TPSA) is 55.4 Å². The molecule has 122 valence electrons. The minimum atomic E-state index is -2.08. The summed E-state index contributed by atoms with van der Waals surface area (Å²) in [6.45, 7) is 0. The maximum Gasteiger partial charge on any atom is 0.341 e. The van der Waals surface area contributed by atoms with Gasteiger partial charge in [-0.2, -0.15) is 0 Å². The van der Waals surface area contributed by atoms with Crippen LogP contribution in [0.25, 0.3) is 0 Å². The van der Waals surface area contributed by atoms with Gasteiger partial charge in [-0.3, -0.25) is 4.79 Å². The van der Waals surface area contributed by atoms with E-state index in [1.807, 2.05) is 0 Å². The molecule has 0 fully saturated rings. The molecule has 0 saturated heterocycles. The van der Waals surface area contributed by atoms with E-state index in [0.717, 1.165) is 42.5 Å². The van der Waals surface area contributed by atoms with Gasteiger partial charge in [-0.25, -0.2) is 4.79 Å². The number of carbonyl (C=O) groups is 2. The number of hydrogen-bond acceptors (Lipinski definition) is 4. The molecule has 0 spiro atoms. The molecule has 1 amide bonds. The van der Waals surface area contributed by atoms with Gasteiger partial charge in [-0.05, 0) is 31.2 Å². The first-order valence-electron chi connectivity index (χ1n) is 6.95. The van der Waals surface area contributed by atoms with Crippen LogP contribution in [0.1, 0.15) is 46.5 Å². The molecule has 1 aliphatic rings. The first-order valence-corrected chi connectivity index (χ1v) is 8.90. The van der Waals surface area contributed by atoms with Gasteiger partial charge in [-0.15, -0.1) is 11.3 Å². The second kappa shape index (κ2) is 7.39. The number of methoxy groups -OCH3 is 1. The van der Waals surface area contributed by atoms with Gasteiger partial charge in [0.15, 0.2) is 0 Å². The van der Waals surface area contributed by atoms with Crippen molar-refractivity contribution in [2.24, 2.45) is 0 Å². The molecule has 0 unspecified atom stereocenters. The van der Waals surface area contributed by atoms with Crippen LogP contribution in [-0.4, -0.2) is 22.8 Å². The van der Waals surface area contributed by atoms with Crippen molar-refractivity contribution < 1.29 is 14.3 Å². The normalized spacial score (nSPS) is 15.5. The Morgan fingerprint density at radius 1 is 1.14 bits per heavy atom. The average Bonchev–Trinajstić information content (AvgIpc) is 2.74. The molecule has 22 heavy (non-hydrogen) atoms. The Morgan fingerprint density at radius 2 is 1.77 bits per heavy atom. The standard InChI is InChI=1S/C14H16Cl3NO3S/c1-21-12(19)10-8-6-4-2-3-5-7-9(8)22-11(10)18-13(20)14(15,16)17/h2-7H2,1H3,(H,18,20). The largest absolute Gasteiger partial charge is 0.465 e. The third-order valence-corrected chi connectivity index (χ3v) is 5.27. The number of esters is 1. The fourth-order valence-corrected chi connectivity index (χ4v) is 3.91. The monoisotopic (exact) mass is 383 g/mol. The molecular formula is C14H16Cl3NO3S. The number of alkyl halides is 3. The van der Waals surface area contributed by atoms with Crippen molar-refractivity contribution in [3.05, 3.63) is 16.0 Å². The molecule has 2 rings (SSSR count). The molecule has 0 aliphatic heterocycles. The van der Waals surface area contributed by atoms with Crippen molar-refractivity contribution in [1.82, 2.24) is 0 Å². The molecular weight excluding hydrogens is 369 g/mol. The Bertz CT molecular complexity index is 581. The molecule has 0 aromatic carbocycles. The van der Waals surface area contributed by atoms with E-state index in [1.54, 1.807) is 0 Å². The highest BCUT2D eigenvalue weighted by Crippen LogP contribution is 2.39. The van der Waals surface area contributed by atoms with E-state index in [1.165, 1.54) is 24.9 Å². The first kappa shape index (κ1) is 17.9. The molecule has 0 bridgehead atoms. The molecule has 0 atom stereocenters. The van der Waals surface area contributed by atoms with E-state index in [0.29, 0.717) is 10.6 Å². The number of fused-ring (bicyclic) bond motifs is 1. The second-order valence-corrected chi connectivity index (χ2v) is 8.45. The zero-order chi connectivity index (χ0) is 16.3. The minimum absolute atomic E-state index is 0.395. The highest BCUT2D eigenvalue weighted by molar-refractivity contribution is 7.17. The fraction of sp³-hybridized carbons (Fsp3) is 0.571. The van der Waals surface area contributed by atoms with Gasteiger partial charge in [0, 0.05) is 4.88 Å². The second-order valence-electron chi connectivity index (χ2n) is 5.07. The lowest BCUT2D eigenvalue weighted by atomic mass is 9.96. The molecule has 0 radical (unpaired) electrons. The van der Waals surface area contributed by atoms with Gasteiger partial charge < -0.3 is 10.1 Å². The summed E-state index contributed by atoms with van der Waals surface area (Å²) in [5, 5.41) is 2.94. The molecule has 8 heteroatoms. The summed E-state index contributed by atoms with van der Waals surface area (Å²) < 4.78 is 2.78. The molecule has 1 aliphatic carbocycles. The smallest absolute Gasteiger partial charge is 0.341 e. The van der Waals surface area contributed by atoms with Crippen molar-refractivity contribution in [1.29, 1.82) is 0 Å². The van der Waals surface area contributed by atoms with Crippen LogP contribution in [-0.2, 0) is 22.4 Å². The van der Waals surface area contributed by atoms with E-state index < -0.39 is 15.7 Å². The Kier molecular flexibility index (Phi) is 6.00. The number of nitrogens with one attached hydrogen (secondary N) is 1. The summed E-state index contributed by atoms with van der Waals surface area (Å²) >= 11 is 18.1. The summed E-state index contributed by atoms with van der Waals surface area (Å²) in [6, 6.07) is 0. The number of rotatable bonds is 2. The molecule has 4 nitrogen and oxygen atoms in total. The van der Waals surface area contributed by atoms with E-state index in [9.17, 15) is 9.59 Å². The van der Waals surface area contributed by atoms with Crippen molar-refractivity contribution in [2.45, 2.75) is 42.3 Å². The number of ether oxygens (including phenoxy) is 1. The first-order chi connectivity index (χ1) is 10.3. The minimum Gasteiger partial charge on any atom is -0.465 e. The predicted octanol–water partition coefficient (Wildman–Crippen LogP) is 4.50. The summed E-state index contributed by atoms with van der Waals surface area (Å²) in [5.74, 6) is -1.26. The highest BCUT2D eigenvalue weighted by Gasteiger charge is 2.33. The molecule has 1 N–H and O–H groups in total. The van der Waals surface area contributed by atoms with E-state index >= 15 is 0 Å². The number of amides is 1. The lowest BCUT2D eigenvalue weighted by molar-refractivity contribution is -0.115. The van der Waals surface area contributed by atoms with Gasteiger partial charge in [0.1, 0.15) is 5.00 Å². The van der Waals surface area contributed by atoms with Crippen molar-refractivity contribution in [2.75, 3.05) is 12.4 Å². The van der Waals surface area contributed by atoms with Gasteiger partial charge in [-0.1, -0.05) is 47.6 Å². The highest BCUT2D eigenvalue weighted by atomic mass is 35.6. The van der Waals surface area contributed by atoms with Gasteiger partial charge >= 0.3 is 5.97 Å². The maximum absolute atomic E-state index is 12.1. The summed E-state index contributed by atoms with van der Waals surface area (Å²) in [4.78, 5) is 25.1. The van der Waals surface area contributed by atoms with Gasteiger partial charge in [0.25, 0.3) is 9.70 Å². The van der Waals surface area contributed by atoms with Crippen LogP contribution in [0.2, 0.25) is 0 Å². The fourth-order valence-electron chi connectivity index (χ4n) is 2.50. The SMILES string of the molecule is COC(=O)c1c(NC(=O)C(Cl)(Cl)Cl)sc2c1CCCCCC2. The Balaban J connectivity index is 2.41. The van der Waals surface area contributed by atoms with E-state index in [-0.39, 0.29) is 0 Å². The van der Waals surface area contributed by atoms with E-state index in [4.69, 9.17) is 39.5 Å². The zero-order valence-corrected chi connectivity index (χ0v) is 15.1. The maximum atomic E-state index is 12.1. The number of thiophene rings is 1. The lowest BCUT2D eigenvalue weighted by Crippen LogP contribution is -2.27. The third kappa shape index (κ3) is 4.07. The number of halogens is 3. The number of aryl methyl sites for hydroxylation is 1. The summed E-state index contributed by atoms with van der Waals surface area (Å²) in [6.07, 6.45) is 6.04.